The number of rotatable bonds is 6. The topological polar surface area (TPSA) is 97.5 Å². The molecule has 0 unspecified atom stereocenters. The Hall–Kier alpha value is -2.29. The molecule has 8 heteroatoms. The maximum absolute atomic E-state index is 12.3. The zero-order valence-corrected chi connectivity index (χ0v) is 15.3. The minimum atomic E-state index is -0.248. The Morgan fingerprint density at radius 1 is 1.23 bits per heavy atom. The Morgan fingerprint density at radius 3 is 2.65 bits per heavy atom. The molecule has 2 amide bonds. The van der Waals surface area contributed by atoms with E-state index in [-0.39, 0.29) is 11.8 Å². The fourth-order valence-corrected chi connectivity index (χ4v) is 3.45. The number of amides is 2. The molecule has 0 spiro atoms. The highest BCUT2D eigenvalue weighted by atomic mass is 32.1. The smallest absolute Gasteiger partial charge is 0.275 e. The van der Waals surface area contributed by atoms with Crippen molar-refractivity contribution in [3.63, 3.8) is 0 Å². The predicted molar refractivity (Wildman–Crippen MR) is 100 cm³/mol. The van der Waals surface area contributed by atoms with Crippen LogP contribution in [0.2, 0.25) is 0 Å². The van der Waals surface area contributed by atoms with Crippen molar-refractivity contribution in [1.29, 1.82) is 0 Å². The largest absolute Gasteiger partial charge is 0.378 e. The van der Waals surface area contributed by atoms with Crippen LogP contribution >= 0.6 is 11.3 Å². The molecule has 1 aliphatic rings. The SMILES string of the molecule is NCCc1nc(C(=O)Nc2ccc(CC(=O)N3CCOCC3)cc2)cs1. The monoisotopic (exact) mass is 374 g/mol. The molecule has 26 heavy (non-hydrogen) atoms. The maximum Gasteiger partial charge on any atom is 0.275 e. The highest BCUT2D eigenvalue weighted by Crippen LogP contribution is 2.15. The van der Waals surface area contributed by atoms with Gasteiger partial charge in [-0.1, -0.05) is 12.1 Å². The Balaban J connectivity index is 1.55. The molecule has 1 aromatic carbocycles. The third-order valence-corrected chi connectivity index (χ3v) is 4.98. The van der Waals surface area contributed by atoms with Crippen molar-refractivity contribution in [2.75, 3.05) is 38.2 Å². The second-order valence-corrected chi connectivity index (χ2v) is 6.93. The van der Waals surface area contributed by atoms with Gasteiger partial charge in [0.1, 0.15) is 5.69 Å². The molecule has 7 nitrogen and oxygen atoms in total. The lowest BCUT2D eigenvalue weighted by atomic mass is 10.1. The van der Waals surface area contributed by atoms with Crippen molar-refractivity contribution in [3.05, 3.63) is 45.9 Å². The molecule has 1 aliphatic heterocycles. The van der Waals surface area contributed by atoms with Gasteiger partial charge in [-0.15, -0.1) is 11.3 Å². The van der Waals surface area contributed by atoms with Crippen LogP contribution in [0.4, 0.5) is 5.69 Å². The van der Waals surface area contributed by atoms with Crippen LogP contribution in [0.3, 0.4) is 0 Å². The molecule has 0 saturated carbocycles. The number of aromatic nitrogens is 1. The quantitative estimate of drug-likeness (QED) is 0.794. The van der Waals surface area contributed by atoms with Crippen molar-refractivity contribution in [2.24, 2.45) is 5.73 Å². The first-order chi connectivity index (χ1) is 12.7. The lowest BCUT2D eigenvalue weighted by molar-refractivity contribution is -0.134. The summed E-state index contributed by atoms with van der Waals surface area (Å²) in [5.41, 5.74) is 7.48. The van der Waals surface area contributed by atoms with Gasteiger partial charge in [0.15, 0.2) is 0 Å². The van der Waals surface area contributed by atoms with E-state index in [0.717, 1.165) is 10.6 Å². The first-order valence-corrected chi connectivity index (χ1v) is 9.44. The number of thiazole rings is 1. The van der Waals surface area contributed by atoms with E-state index < -0.39 is 0 Å². The Morgan fingerprint density at radius 2 is 1.96 bits per heavy atom. The standard InChI is InChI=1S/C18H22N4O3S/c19-6-5-16-21-15(12-26-16)18(24)20-14-3-1-13(2-4-14)11-17(23)22-7-9-25-10-8-22/h1-4,12H,5-11,19H2,(H,20,24). The fourth-order valence-electron chi connectivity index (χ4n) is 2.65. The van der Waals surface area contributed by atoms with Crippen molar-refractivity contribution in [2.45, 2.75) is 12.8 Å². The van der Waals surface area contributed by atoms with Crippen LogP contribution in [0, 0.1) is 0 Å². The Labute approximate surface area is 156 Å². The molecule has 2 aromatic rings. The van der Waals surface area contributed by atoms with E-state index in [1.807, 2.05) is 17.0 Å². The van der Waals surface area contributed by atoms with Crippen molar-refractivity contribution in [1.82, 2.24) is 9.88 Å². The molecule has 1 aromatic heterocycles. The second kappa shape index (κ2) is 8.88. The van der Waals surface area contributed by atoms with Gasteiger partial charge in [0.25, 0.3) is 5.91 Å². The molecule has 0 bridgehead atoms. The van der Waals surface area contributed by atoms with Gasteiger partial charge in [0.2, 0.25) is 5.91 Å². The second-order valence-electron chi connectivity index (χ2n) is 5.99. The summed E-state index contributed by atoms with van der Waals surface area (Å²) in [7, 11) is 0. The summed E-state index contributed by atoms with van der Waals surface area (Å²) in [6.45, 7) is 3.00. The number of anilines is 1. The van der Waals surface area contributed by atoms with Gasteiger partial charge in [0, 0.05) is 30.6 Å². The van der Waals surface area contributed by atoms with Crippen molar-refractivity contribution < 1.29 is 14.3 Å². The van der Waals surface area contributed by atoms with Crippen LogP contribution < -0.4 is 11.1 Å². The van der Waals surface area contributed by atoms with Crippen LogP contribution in [0.25, 0.3) is 0 Å². The van der Waals surface area contributed by atoms with E-state index in [0.29, 0.717) is 57.1 Å². The molecule has 1 saturated heterocycles. The highest BCUT2D eigenvalue weighted by Gasteiger charge is 2.17. The molecular weight excluding hydrogens is 352 g/mol. The molecule has 0 aliphatic carbocycles. The third-order valence-electron chi connectivity index (χ3n) is 4.07. The molecular formula is C18H22N4O3S. The Bertz CT molecular complexity index is 754. The van der Waals surface area contributed by atoms with E-state index in [4.69, 9.17) is 10.5 Å². The van der Waals surface area contributed by atoms with Crippen LogP contribution in [-0.2, 0) is 22.4 Å². The van der Waals surface area contributed by atoms with E-state index in [1.54, 1.807) is 17.5 Å². The number of morpholine rings is 1. The number of nitrogens with zero attached hydrogens (tertiary/aromatic N) is 2. The number of hydrogen-bond donors (Lipinski definition) is 2. The van der Waals surface area contributed by atoms with Gasteiger partial charge in [-0.25, -0.2) is 4.98 Å². The zero-order valence-electron chi connectivity index (χ0n) is 14.4. The van der Waals surface area contributed by atoms with E-state index in [1.165, 1.54) is 11.3 Å². The normalized spacial score (nSPS) is 14.3. The van der Waals surface area contributed by atoms with Crippen LogP contribution in [-0.4, -0.2) is 54.5 Å². The molecule has 3 rings (SSSR count). The lowest BCUT2D eigenvalue weighted by Crippen LogP contribution is -2.41. The lowest BCUT2D eigenvalue weighted by Gasteiger charge is -2.26. The van der Waals surface area contributed by atoms with E-state index in [2.05, 4.69) is 10.3 Å². The minimum absolute atomic E-state index is 0.0972. The predicted octanol–water partition coefficient (Wildman–Crippen LogP) is 1.30. The fraction of sp³-hybridized carbons (Fsp3) is 0.389. The molecule has 2 heterocycles. The molecule has 1 fully saturated rings. The highest BCUT2D eigenvalue weighted by molar-refractivity contribution is 7.09. The van der Waals surface area contributed by atoms with Gasteiger partial charge >= 0.3 is 0 Å². The first-order valence-electron chi connectivity index (χ1n) is 8.56. The molecule has 138 valence electrons. The minimum Gasteiger partial charge on any atom is -0.378 e. The number of benzene rings is 1. The van der Waals surface area contributed by atoms with E-state index >= 15 is 0 Å². The third kappa shape index (κ3) is 4.87. The summed E-state index contributed by atoms with van der Waals surface area (Å²) in [4.78, 5) is 30.6. The number of carbonyl (C=O) groups excluding carboxylic acids is 2. The number of nitrogens with two attached hydrogens (primary N) is 1. The van der Waals surface area contributed by atoms with E-state index in [9.17, 15) is 9.59 Å². The summed E-state index contributed by atoms with van der Waals surface area (Å²) in [5, 5.41) is 5.41. The average Bonchev–Trinajstić information content (AvgIpc) is 3.13. The molecule has 0 atom stereocenters. The summed E-state index contributed by atoms with van der Waals surface area (Å²) in [6, 6.07) is 7.31. The molecule has 3 N–H and O–H groups in total. The first kappa shape index (κ1) is 18.5. The number of hydrogen-bond acceptors (Lipinski definition) is 6. The zero-order chi connectivity index (χ0) is 18.4. The van der Waals surface area contributed by atoms with Gasteiger partial charge in [-0.3, -0.25) is 9.59 Å². The van der Waals surface area contributed by atoms with Crippen molar-refractivity contribution >= 4 is 28.8 Å². The van der Waals surface area contributed by atoms with Crippen LogP contribution in [0.5, 0.6) is 0 Å². The number of nitrogens with one attached hydrogen (secondary N) is 1. The van der Waals surface area contributed by atoms with Gasteiger partial charge in [-0.05, 0) is 24.2 Å². The number of carbonyl (C=O) groups is 2. The average molecular weight is 374 g/mol. The van der Waals surface area contributed by atoms with Crippen LogP contribution in [0.15, 0.2) is 29.6 Å². The summed E-state index contributed by atoms with van der Waals surface area (Å²) in [5.74, 6) is -0.151. The van der Waals surface area contributed by atoms with Crippen molar-refractivity contribution in [3.8, 4) is 0 Å². The van der Waals surface area contributed by atoms with Gasteiger partial charge in [-0.2, -0.15) is 0 Å². The maximum atomic E-state index is 12.3. The van der Waals surface area contributed by atoms with Gasteiger partial charge in [0.05, 0.1) is 24.6 Å². The Kier molecular flexibility index (Phi) is 6.32. The summed E-state index contributed by atoms with van der Waals surface area (Å²) in [6.07, 6.45) is 1.02. The number of ether oxygens (including phenoxy) is 1. The molecule has 0 radical (unpaired) electrons. The van der Waals surface area contributed by atoms with Crippen LogP contribution in [0.1, 0.15) is 21.1 Å². The summed E-state index contributed by atoms with van der Waals surface area (Å²) >= 11 is 1.43. The summed E-state index contributed by atoms with van der Waals surface area (Å²) < 4.78 is 5.26. The van der Waals surface area contributed by atoms with Gasteiger partial charge < -0.3 is 20.7 Å².